The van der Waals surface area contributed by atoms with E-state index >= 15 is 0 Å². The van der Waals surface area contributed by atoms with Gasteiger partial charge in [0.05, 0.1) is 18.0 Å². The average Bonchev–Trinajstić information content (AvgIpc) is 2.57. The quantitative estimate of drug-likeness (QED) is 0.464. The van der Waals surface area contributed by atoms with Crippen LogP contribution in [0.5, 0.6) is 0 Å². The van der Waals surface area contributed by atoms with Crippen LogP contribution < -0.4 is 11.2 Å². The number of nitrogens with one attached hydrogen (secondary N) is 1. The molecule has 1 saturated heterocycles. The van der Waals surface area contributed by atoms with Crippen molar-refractivity contribution in [1.29, 1.82) is 0 Å². The molecule has 1 aliphatic rings. The molecule has 8 heteroatoms. The number of thiol groups is 1. The Morgan fingerprint density at radius 2 is 2.24 bits per heavy atom. The molecule has 17 heavy (non-hydrogen) atoms. The molecule has 1 aromatic heterocycles. The third kappa shape index (κ3) is 2.16. The van der Waals surface area contributed by atoms with Gasteiger partial charge in [-0.15, -0.1) is 0 Å². The summed E-state index contributed by atoms with van der Waals surface area (Å²) in [4.78, 5) is 24.5. The molecule has 4 atom stereocenters. The Morgan fingerprint density at radius 1 is 1.53 bits per heavy atom. The SMILES string of the molecule is O=c1ccn([C@@H]2O[C@H](CO)[C@@H](S)[C@H]2O)c(=O)[nH]1. The first-order chi connectivity index (χ1) is 8.04. The molecule has 3 N–H and O–H groups in total. The highest BCUT2D eigenvalue weighted by molar-refractivity contribution is 7.81. The second kappa shape index (κ2) is 4.65. The minimum atomic E-state index is -1.04. The van der Waals surface area contributed by atoms with Gasteiger partial charge in [-0.2, -0.15) is 12.6 Å². The van der Waals surface area contributed by atoms with Crippen LogP contribution in [-0.2, 0) is 4.74 Å². The molecular formula is C9H12N2O5S. The predicted molar refractivity (Wildman–Crippen MR) is 61.1 cm³/mol. The molecule has 0 unspecified atom stereocenters. The van der Waals surface area contributed by atoms with Gasteiger partial charge < -0.3 is 14.9 Å². The summed E-state index contributed by atoms with van der Waals surface area (Å²) in [7, 11) is 0. The number of aromatic nitrogens is 2. The first-order valence-electron chi connectivity index (χ1n) is 4.98. The first-order valence-corrected chi connectivity index (χ1v) is 5.50. The highest BCUT2D eigenvalue weighted by Crippen LogP contribution is 2.31. The maximum absolute atomic E-state index is 11.5. The maximum atomic E-state index is 11.5. The Hall–Kier alpha value is -1.09. The van der Waals surface area contributed by atoms with E-state index in [9.17, 15) is 14.7 Å². The Kier molecular flexibility index (Phi) is 3.38. The van der Waals surface area contributed by atoms with E-state index in [4.69, 9.17) is 9.84 Å². The standard InChI is InChI=1S/C9H12N2O5S/c12-3-4-7(17)6(14)8(16-4)11-2-1-5(13)10-9(11)15/h1-2,4,6-8,12,14,17H,3H2,(H,10,13,15)/t4-,6-,7-,8-/m1/s1. The molecule has 0 aromatic carbocycles. The van der Waals surface area contributed by atoms with Gasteiger partial charge in [0.15, 0.2) is 6.23 Å². The number of hydrogen-bond donors (Lipinski definition) is 4. The average molecular weight is 260 g/mol. The van der Waals surface area contributed by atoms with Crippen molar-refractivity contribution in [2.24, 2.45) is 0 Å². The first kappa shape index (κ1) is 12.4. The lowest BCUT2D eigenvalue weighted by Crippen LogP contribution is -2.36. The highest BCUT2D eigenvalue weighted by Gasteiger charge is 2.42. The van der Waals surface area contributed by atoms with Crippen molar-refractivity contribution in [1.82, 2.24) is 9.55 Å². The summed E-state index contributed by atoms with van der Waals surface area (Å²) >= 11 is 4.10. The van der Waals surface area contributed by atoms with E-state index in [0.29, 0.717) is 0 Å². The summed E-state index contributed by atoms with van der Waals surface area (Å²) in [6.07, 6.45) is -1.43. The lowest BCUT2D eigenvalue weighted by molar-refractivity contribution is -0.0530. The van der Waals surface area contributed by atoms with Crippen molar-refractivity contribution >= 4 is 12.6 Å². The summed E-state index contributed by atoms with van der Waals surface area (Å²) in [5.41, 5.74) is -1.21. The van der Waals surface area contributed by atoms with Gasteiger partial charge in [-0.3, -0.25) is 14.3 Å². The van der Waals surface area contributed by atoms with Crippen molar-refractivity contribution in [2.75, 3.05) is 6.61 Å². The number of H-pyrrole nitrogens is 1. The Balaban J connectivity index is 2.35. The summed E-state index contributed by atoms with van der Waals surface area (Å²) in [5, 5.41) is 18.3. The van der Waals surface area contributed by atoms with Gasteiger partial charge in [0, 0.05) is 12.3 Å². The van der Waals surface area contributed by atoms with E-state index in [1.54, 1.807) is 0 Å². The topological polar surface area (TPSA) is 105 Å². The number of aliphatic hydroxyl groups excluding tert-OH is 2. The molecule has 1 fully saturated rings. The van der Waals surface area contributed by atoms with Gasteiger partial charge in [0.2, 0.25) is 0 Å². The summed E-state index contributed by atoms with van der Waals surface area (Å²) in [5.74, 6) is 0. The van der Waals surface area contributed by atoms with E-state index in [-0.39, 0.29) is 6.61 Å². The minimum Gasteiger partial charge on any atom is -0.394 e. The maximum Gasteiger partial charge on any atom is 0.330 e. The molecule has 0 amide bonds. The van der Waals surface area contributed by atoms with Crippen LogP contribution in [0.25, 0.3) is 0 Å². The molecule has 0 radical (unpaired) electrons. The van der Waals surface area contributed by atoms with E-state index < -0.39 is 34.9 Å². The number of aliphatic hydroxyl groups is 2. The number of ether oxygens (including phenoxy) is 1. The Labute approximate surface area is 101 Å². The Bertz CT molecular complexity index is 513. The van der Waals surface area contributed by atoms with Crippen LogP contribution in [0.15, 0.2) is 21.9 Å². The molecule has 0 spiro atoms. The summed E-state index contributed by atoms with van der Waals surface area (Å²) in [6, 6.07) is 1.15. The number of hydrogen-bond acceptors (Lipinski definition) is 6. The monoisotopic (exact) mass is 260 g/mol. The second-order valence-electron chi connectivity index (χ2n) is 3.75. The highest BCUT2D eigenvalue weighted by atomic mass is 32.1. The molecule has 1 aliphatic heterocycles. The number of aromatic amines is 1. The van der Waals surface area contributed by atoms with Gasteiger partial charge in [-0.1, -0.05) is 0 Å². The molecule has 2 heterocycles. The molecule has 0 aliphatic carbocycles. The molecule has 94 valence electrons. The lowest BCUT2D eigenvalue weighted by Gasteiger charge is -2.16. The van der Waals surface area contributed by atoms with Crippen LogP contribution in [0.1, 0.15) is 6.23 Å². The van der Waals surface area contributed by atoms with Gasteiger partial charge in [0.25, 0.3) is 5.56 Å². The summed E-state index contributed by atoms with van der Waals surface area (Å²) < 4.78 is 6.37. The Morgan fingerprint density at radius 3 is 2.76 bits per heavy atom. The molecule has 7 nitrogen and oxygen atoms in total. The van der Waals surface area contributed by atoms with Gasteiger partial charge in [0.1, 0.15) is 6.10 Å². The third-order valence-corrected chi connectivity index (χ3v) is 3.28. The molecular weight excluding hydrogens is 248 g/mol. The van der Waals surface area contributed by atoms with Crippen LogP contribution in [0.3, 0.4) is 0 Å². The number of nitrogens with zero attached hydrogens (tertiary/aromatic N) is 1. The van der Waals surface area contributed by atoms with Crippen molar-refractivity contribution < 1.29 is 14.9 Å². The van der Waals surface area contributed by atoms with Crippen LogP contribution in [0.2, 0.25) is 0 Å². The molecule has 0 bridgehead atoms. The zero-order valence-electron chi connectivity index (χ0n) is 8.68. The predicted octanol–water partition coefficient (Wildman–Crippen LogP) is -1.91. The molecule has 0 saturated carbocycles. The van der Waals surface area contributed by atoms with E-state index in [2.05, 4.69) is 17.6 Å². The second-order valence-corrected chi connectivity index (χ2v) is 4.34. The normalized spacial score (nSPS) is 32.9. The summed E-state index contributed by atoms with van der Waals surface area (Å²) in [6.45, 7) is -0.306. The zero-order chi connectivity index (χ0) is 12.6. The van der Waals surface area contributed by atoms with Gasteiger partial charge in [-0.05, 0) is 0 Å². The van der Waals surface area contributed by atoms with Crippen molar-refractivity contribution in [3.63, 3.8) is 0 Å². The van der Waals surface area contributed by atoms with Gasteiger partial charge in [-0.25, -0.2) is 4.79 Å². The fraction of sp³-hybridized carbons (Fsp3) is 0.556. The molecule has 1 aromatic rings. The van der Waals surface area contributed by atoms with Crippen LogP contribution >= 0.6 is 12.6 Å². The largest absolute Gasteiger partial charge is 0.394 e. The van der Waals surface area contributed by atoms with Gasteiger partial charge >= 0.3 is 5.69 Å². The van der Waals surface area contributed by atoms with E-state index in [0.717, 1.165) is 10.6 Å². The van der Waals surface area contributed by atoms with Crippen molar-refractivity contribution in [2.45, 2.75) is 23.7 Å². The van der Waals surface area contributed by atoms with Crippen LogP contribution in [-0.4, -0.2) is 43.8 Å². The van der Waals surface area contributed by atoms with Crippen LogP contribution in [0.4, 0.5) is 0 Å². The van der Waals surface area contributed by atoms with Crippen molar-refractivity contribution in [3.8, 4) is 0 Å². The third-order valence-electron chi connectivity index (χ3n) is 2.64. The van der Waals surface area contributed by atoms with Crippen LogP contribution in [0, 0.1) is 0 Å². The van der Waals surface area contributed by atoms with E-state index in [1.165, 1.54) is 6.20 Å². The fourth-order valence-electron chi connectivity index (χ4n) is 1.74. The minimum absolute atomic E-state index is 0.306. The van der Waals surface area contributed by atoms with E-state index in [1.807, 2.05) is 0 Å². The molecule has 2 rings (SSSR count). The fourth-order valence-corrected chi connectivity index (χ4v) is 2.05. The number of rotatable bonds is 2. The van der Waals surface area contributed by atoms with Crippen molar-refractivity contribution in [3.05, 3.63) is 33.1 Å². The zero-order valence-corrected chi connectivity index (χ0v) is 9.58. The smallest absolute Gasteiger partial charge is 0.330 e. The lowest BCUT2D eigenvalue weighted by atomic mass is 10.2.